The van der Waals surface area contributed by atoms with Gasteiger partial charge < -0.3 is 5.32 Å². The minimum absolute atomic E-state index is 0.789. The second-order valence-electron chi connectivity index (χ2n) is 2.51. The normalized spacial score (nSPS) is 10.8. The van der Waals surface area contributed by atoms with Crippen molar-refractivity contribution in [3.8, 4) is 0 Å². The van der Waals surface area contributed by atoms with Crippen LogP contribution >= 0.6 is 11.5 Å². The van der Waals surface area contributed by atoms with E-state index in [4.69, 9.17) is 0 Å². The zero-order valence-corrected chi connectivity index (χ0v) is 7.56. The first kappa shape index (κ1) is 7.64. The maximum Gasteiger partial charge on any atom is 0.106 e. The van der Waals surface area contributed by atoms with Crippen LogP contribution in [0.1, 0.15) is 5.69 Å². The summed E-state index contributed by atoms with van der Waals surface area (Å²) in [4.78, 5) is 4.27. The molecule has 62 valence electrons. The molecule has 0 aliphatic rings. The minimum Gasteiger partial charge on any atom is -0.314 e. The van der Waals surface area contributed by atoms with E-state index in [1.165, 1.54) is 11.5 Å². The van der Waals surface area contributed by atoms with E-state index in [2.05, 4.69) is 14.7 Å². The molecule has 12 heavy (non-hydrogen) atoms. The summed E-state index contributed by atoms with van der Waals surface area (Å²) < 4.78 is 5.46. The van der Waals surface area contributed by atoms with E-state index >= 15 is 0 Å². The van der Waals surface area contributed by atoms with Gasteiger partial charge in [-0.2, -0.15) is 4.37 Å². The molecule has 4 heteroatoms. The van der Waals surface area contributed by atoms with Gasteiger partial charge in [-0.3, -0.25) is 4.98 Å². The van der Waals surface area contributed by atoms with Crippen molar-refractivity contribution in [2.45, 2.75) is 6.54 Å². The molecule has 3 nitrogen and oxygen atoms in total. The predicted molar refractivity (Wildman–Crippen MR) is 50.2 cm³/mol. The van der Waals surface area contributed by atoms with Crippen LogP contribution in [-0.4, -0.2) is 16.4 Å². The van der Waals surface area contributed by atoms with Gasteiger partial charge in [0, 0.05) is 12.7 Å². The summed E-state index contributed by atoms with van der Waals surface area (Å²) in [5.41, 5.74) is 2.06. The van der Waals surface area contributed by atoms with Crippen LogP contribution < -0.4 is 5.32 Å². The molecular weight excluding hydrogens is 170 g/mol. The molecule has 2 heterocycles. The van der Waals surface area contributed by atoms with Crippen LogP contribution in [0.2, 0.25) is 0 Å². The molecule has 0 spiro atoms. The molecule has 0 radical (unpaired) electrons. The monoisotopic (exact) mass is 179 g/mol. The first-order valence-corrected chi connectivity index (χ1v) is 4.53. The molecule has 0 saturated heterocycles. The third-order valence-electron chi connectivity index (χ3n) is 1.64. The second-order valence-corrected chi connectivity index (χ2v) is 3.31. The number of aromatic nitrogens is 2. The van der Waals surface area contributed by atoms with Crippen LogP contribution in [0.4, 0.5) is 0 Å². The Morgan fingerprint density at radius 2 is 2.50 bits per heavy atom. The van der Waals surface area contributed by atoms with Gasteiger partial charge in [0.15, 0.2) is 0 Å². The Balaban J connectivity index is 2.55. The highest BCUT2D eigenvalue weighted by molar-refractivity contribution is 7.13. The fourth-order valence-corrected chi connectivity index (χ4v) is 1.87. The van der Waals surface area contributed by atoms with Gasteiger partial charge in [-0.25, -0.2) is 0 Å². The molecule has 0 saturated carbocycles. The van der Waals surface area contributed by atoms with Gasteiger partial charge in [-0.1, -0.05) is 0 Å². The summed E-state index contributed by atoms with van der Waals surface area (Å²) in [6.07, 6.45) is 1.80. The molecule has 0 aliphatic heterocycles. The van der Waals surface area contributed by atoms with E-state index in [0.717, 1.165) is 22.5 Å². The lowest BCUT2D eigenvalue weighted by molar-refractivity contribution is 0.806. The molecule has 2 rings (SSSR count). The highest BCUT2D eigenvalue weighted by atomic mass is 32.1. The van der Waals surface area contributed by atoms with E-state index in [-0.39, 0.29) is 0 Å². The standard InChI is InChI=1S/C8H9N3S/c1-9-5-6-8-7(12-11-6)3-2-4-10-8/h2-4,9H,5H2,1H3. The van der Waals surface area contributed by atoms with Crippen molar-refractivity contribution in [2.24, 2.45) is 0 Å². The topological polar surface area (TPSA) is 37.8 Å². The van der Waals surface area contributed by atoms with Crippen molar-refractivity contribution in [2.75, 3.05) is 7.05 Å². The van der Waals surface area contributed by atoms with Crippen LogP contribution in [0.25, 0.3) is 10.2 Å². The van der Waals surface area contributed by atoms with Crippen LogP contribution in [-0.2, 0) is 6.54 Å². The van der Waals surface area contributed by atoms with Crippen molar-refractivity contribution < 1.29 is 0 Å². The fraction of sp³-hybridized carbons (Fsp3) is 0.250. The van der Waals surface area contributed by atoms with Crippen LogP contribution in [0, 0.1) is 0 Å². The Bertz CT molecular complexity index is 382. The van der Waals surface area contributed by atoms with Crippen molar-refractivity contribution >= 4 is 21.7 Å². The Morgan fingerprint density at radius 1 is 1.58 bits per heavy atom. The summed E-state index contributed by atoms with van der Waals surface area (Å²) in [5, 5.41) is 3.07. The molecule has 1 N–H and O–H groups in total. The van der Waals surface area contributed by atoms with Crippen molar-refractivity contribution in [3.63, 3.8) is 0 Å². The fourth-order valence-electron chi connectivity index (χ4n) is 1.11. The largest absolute Gasteiger partial charge is 0.314 e. The van der Waals surface area contributed by atoms with Crippen LogP contribution in [0.3, 0.4) is 0 Å². The summed E-state index contributed by atoms with van der Waals surface area (Å²) in [6.45, 7) is 0.789. The zero-order valence-electron chi connectivity index (χ0n) is 6.74. The Hall–Kier alpha value is -1.00. The number of rotatable bonds is 2. The van der Waals surface area contributed by atoms with Crippen molar-refractivity contribution in [3.05, 3.63) is 24.0 Å². The lowest BCUT2D eigenvalue weighted by atomic mass is 10.3. The summed E-state index contributed by atoms with van der Waals surface area (Å²) in [6, 6.07) is 3.98. The zero-order chi connectivity index (χ0) is 8.39. The number of nitrogens with one attached hydrogen (secondary N) is 1. The van der Waals surface area contributed by atoms with Gasteiger partial charge in [0.25, 0.3) is 0 Å². The van der Waals surface area contributed by atoms with Gasteiger partial charge in [0.05, 0.1) is 10.4 Å². The third-order valence-corrected chi connectivity index (χ3v) is 2.48. The SMILES string of the molecule is CNCc1nsc2cccnc12. The molecular formula is C8H9N3S. The molecule has 0 aliphatic carbocycles. The summed E-state index contributed by atoms with van der Waals surface area (Å²) >= 11 is 1.50. The first-order valence-electron chi connectivity index (χ1n) is 3.75. The van der Waals surface area contributed by atoms with Crippen LogP contribution in [0.5, 0.6) is 0 Å². The highest BCUT2D eigenvalue weighted by Crippen LogP contribution is 2.19. The first-order chi connectivity index (χ1) is 5.92. The highest BCUT2D eigenvalue weighted by Gasteiger charge is 2.04. The summed E-state index contributed by atoms with van der Waals surface area (Å²) in [5.74, 6) is 0. The number of pyridine rings is 1. The smallest absolute Gasteiger partial charge is 0.106 e. The Morgan fingerprint density at radius 3 is 3.33 bits per heavy atom. The average Bonchev–Trinajstić information content (AvgIpc) is 2.50. The summed E-state index contributed by atoms with van der Waals surface area (Å²) in [7, 11) is 1.91. The lowest BCUT2D eigenvalue weighted by Crippen LogP contribution is -2.05. The molecule has 0 atom stereocenters. The minimum atomic E-state index is 0.789. The molecule has 0 fully saturated rings. The maximum absolute atomic E-state index is 4.30. The Labute approximate surface area is 74.6 Å². The van der Waals surface area contributed by atoms with E-state index in [9.17, 15) is 0 Å². The molecule has 2 aromatic heterocycles. The van der Waals surface area contributed by atoms with Crippen molar-refractivity contribution in [1.29, 1.82) is 0 Å². The van der Waals surface area contributed by atoms with E-state index in [1.54, 1.807) is 6.20 Å². The lowest BCUT2D eigenvalue weighted by Gasteiger charge is -1.92. The van der Waals surface area contributed by atoms with Crippen LogP contribution in [0.15, 0.2) is 18.3 Å². The quantitative estimate of drug-likeness (QED) is 0.757. The van der Waals surface area contributed by atoms with Gasteiger partial charge in [-0.15, -0.1) is 0 Å². The van der Waals surface area contributed by atoms with Gasteiger partial charge in [0.1, 0.15) is 5.52 Å². The maximum atomic E-state index is 4.30. The number of nitrogens with zero attached hydrogens (tertiary/aromatic N) is 2. The molecule has 0 amide bonds. The van der Waals surface area contributed by atoms with E-state index in [1.807, 2.05) is 19.2 Å². The third kappa shape index (κ3) is 1.19. The van der Waals surface area contributed by atoms with E-state index < -0.39 is 0 Å². The van der Waals surface area contributed by atoms with Gasteiger partial charge in [0.2, 0.25) is 0 Å². The van der Waals surface area contributed by atoms with Gasteiger partial charge >= 0.3 is 0 Å². The number of hydrogen-bond acceptors (Lipinski definition) is 4. The molecule has 0 aromatic carbocycles. The predicted octanol–water partition coefficient (Wildman–Crippen LogP) is 1.41. The van der Waals surface area contributed by atoms with Gasteiger partial charge in [-0.05, 0) is 30.7 Å². The second kappa shape index (κ2) is 3.16. The molecule has 2 aromatic rings. The molecule has 0 unspecified atom stereocenters. The Kier molecular flexibility index (Phi) is 2.01. The average molecular weight is 179 g/mol. The van der Waals surface area contributed by atoms with E-state index in [0.29, 0.717) is 0 Å². The number of fused-ring (bicyclic) bond motifs is 1. The van der Waals surface area contributed by atoms with Crippen molar-refractivity contribution in [1.82, 2.24) is 14.7 Å². The molecule has 0 bridgehead atoms. The number of hydrogen-bond donors (Lipinski definition) is 1.